The third-order valence-electron chi connectivity index (χ3n) is 6.37. The molecule has 0 aliphatic heterocycles. The van der Waals surface area contributed by atoms with E-state index in [1.807, 2.05) is 18.2 Å². The van der Waals surface area contributed by atoms with Crippen LogP contribution in [0.2, 0.25) is 0 Å². The molecule has 0 bridgehead atoms. The van der Waals surface area contributed by atoms with E-state index < -0.39 is 0 Å². The van der Waals surface area contributed by atoms with Gasteiger partial charge in [0, 0.05) is 0 Å². The third-order valence-corrected chi connectivity index (χ3v) is 8.60. The standard InChI is InChI=1S/C28H36N4O2Se/c1-4-6-8-9-10-17-29-28-31-22-14-12-13-21(25(22)35-28)26-30-23-19-20(27(33)34-3)15-16-24(23)32(26)18-11-7-5-2/h12-16,19H,4-11,17-18H2,1-3H3,(H,29,31). The number of fused-ring (bicyclic) bond motifs is 2. The van der Waals surface area contributed by atoms with Crippen LogP contribution >= 0.6 is 0 Å². The summed E-state index contributed by atoms with van der Waals surface area (Å²) in [6.07, 6.45) is 9.80. The molecule has 2 aromatic carbocycles. The number of aryl methyl sites for hydroxylation is 1. The van der Waals surface area contributed by atoms with Gasteiger partial charge >= 0.3 is 214 Å². The maximum atomic E-state index is 12.1. The van der Waals surface area contributed by atoms with Crippen LogP contribution < -0.4 is 5.32 Å². The Hall–Kier alpha value is -2.63. The van der Waals surface area contributed by atoms with Gasteiger partial charge in [0.1, 0.15) is 0 Å². The predicted molar refractivity (Wildman–Crippen MR) is 146 cm³/mol. The van der Waals surface area contributed by atoms with Gasteiger partial charge in [-0.3, -0.25) is 0 Å². The molecule has 6 nitrogen and oxygen atoms in total. The Labute approximate surface area is 213 Å². The van der Waals surface area contributed by atoms with Crippen LogP contribution in [0.1, 0.15) is 75.6 Å². The summed E-state index contributed by atoms with van der Waals surface area (Å²) >= 11 is 0.124. The molecular formula is C28H36N4O2Se. The Morgan fingerprint density at radius 3 is 2.57 bits per heavy atom. The van der Waals surface area contributed by atoms with E-state index in [1.54, 1.807) is 0 Å². The molecule has 186 valence electrons. The van der Waals surface area contributed by atoms with E-state index in [4.69, 9.17) is 14.7 Å². The van der Waals surface area contributed by atoms with Crippen LogP contribution in [0.3, 0.4) is 0 Å². The van der Waals surface area contributed by atoms with Crippen LogP contribution in [0.15, 0.2) is 36.4 Å². The Morgan fingerprint density at radius 2 is 1.77 bits per heavy atom. The first-order valence-corrected chi connectivity index (χ1v) is 14.6. The third kappa shape index (κ3) is 5.96. The summed E-state index contributed by atoms with van der Waals surface area (Å²) < 4.78 is 9.64. The second-order valence-electron chi connectivity index (χ2n) is 9.00. The molecule has 0 aliphatic carbocycles. The molecule has 7 heteroatoms. The molecule has 0 fully saturated rings. The van der Waals surface area contributed by atoms with Crippen molar-refractivity contribution in [3.63, 3.8) is 0 Å². The van der Waals surface area contributed by atoms with Gasteiger partial charge in [-0.1, -0.05) is 0 Å². The molecule has 0 saturated carbocycles. The summed E-state index contributed by atoms with van der Waals surface area (Å²) in [6, 6.07) is 12.0. The Morgan fingerprint density at radius 1 is 0.971 bits per heavy atom. The molecule has 35 heavy (non-hydrogen) atoms. The summed E-state index contributed by atoms with van der Waals surface area (Å²) in [5.74, 6) is 0.629. The van der Waals surface area contributed by atoms with Gasteiger partial charge in [0.25, 0.3) is 0 Å². The summed E-state index contributed by atoms with van der Waals surface area (Å²) in [7, 11) is 1.41. The van der Waals surface area contributed by atoms with Crippen molar-refractivity contribution in [1.29, 1.82) is 0 Å². The van der Waals surface area contributed by atoms with Crippen LogP contribution in [0, 0.1) is 0 Å². The van der Waals surface area contributed by atoms with Gasteiger partial charge in [0.15, 0.2) is 0 Å². The van der Waals surface area contributed by atoms with Crippen LogP contribution in [-0.2, 0) is 11.3 Å². The van der Waals surface area contributed by atoms with Crippen LogP contribution in [0.25, 0.3) is 32.2 Å². The molecular weight excluding hydrogens is 503 g/mol. The number of unbranched alkanes of at least 4 members (excludes halogenated alkanes) is 6. The van der Waals surface area contributed by atoms with E-state index in [9.17, 15) is 4.79 Å². The molecule has 0 saturated heterocycles. The summed E-state index contributed by atoms with van der Waals surface area (Å²) in [5, 5.41) is 3.59. The maximum absolute atomic E-state index is 12.1. The number of methoxy groups -OCH3 is 1. The van der Waals surface area contributed by atoms with Gasteiger partial charge in [-0.15, -0.1) is 0 Å². The van der Waals surface area contributed by atoms with E-state index >= 15 is 0 Å². The normalized spacial score (nSPS) is 11.4. The summed E-state index contributed by atoms with van der Waals surface area (Å²) in [5.41, 5.74) is 4.62. The molecule has 0 aliphatic rings. The van der Waals surface area contributed by atoms with Crippen molar-refractivity contribution in [3.05, 3.63) is 42.0 Å². The number of nitrogens with one attached hydrogen (secondary N) is 1. The first kappa shape index (κ1) is 25.5. The minimum atomic E-state index is -0.336. The number of hydrogen-bond donors (Lipinski definition) is 1. The fourth-order valence-corrected chi connectivity index (χ4v) is 6.55. The topological polar surface area (TPSA) is 69.0 Å². The van der Waals surface area contributed by atoms with Gasteiger partial charge < -0.3 is 0 Å². The average molecular weight is 540 g/mol. The van der Waals surface area contributed by atoms with E-state index in [0.29, 0.717) is 5.56 Å². The van der Waals surface area contributed by atoms with Crippen molar-refractivity contribution in [2.45, 2.75) is 71.8 Å². The number of benzene rings is 2. The van der Waals surface area contributed by atoms with Crippen molar-refractivity contribution in [2.75, 3.05) is 19.0 Å². The van der Waals surface area contributed by atoms with Gasteiger partial charge in [0.05, 0.1) is 0 Å². The number of carbonyl (C=O) groups is 1. The van der Waals surface area contributed by atoms with Crippen molar-refractivity contribution in [3.8, 4) is 11.4 Å². The minimum absolute atomic E-state index is 0.124. The van der Waals surface area contributed by atoms with Crippen molar-refractivity contribution < 1.29 is 9.53 Å². The molecule has 1 N–H and O–H groups in total. The molecule has 4 rings (SSSR count). The van der Waals surface area contributed by atoms with Gasteiger partial charge in [0.2, 0.25) is 0 Å². The number of ether oxygens (including phenoxy) is 1. The zero-order chi connectivity index (χ0) is 24.6. The number of nitrogens with zero attached hydrogens (tertiary/aromatic N) is 3. The first-order chi connectivity index (χ1) is 17.2. The average Bonchev–Trinajstić information content (AvgIpc) is 3.46. The Bertz CT molecular complexity index is 1280. The zero-order valence-corrected chi connectivity index (χ0v) is 22.8. The number of anilines is 1. The zero-order valence-electron chi connectivity index (χ0n) is 21.1. The number of imidazole rings is 1. The van der Waals surface area contributed by atoms with Crippen LogP contribution in [0.5, 0.6) is 0 Å². The van der Waals surface area contributed by atoms with Crippen molar-refractivity contribution in [1.82, 2.24) is 14.5 Å². The van der Waals surface area contributed by atoms with Crippen LogP contribution in [0.4, 0.5) is 4.69 Å². The van der Waals surface area contributed by atoms with Crippen molar-refractivity contribution >= 4 is 46.0 Å². The molecule has 4 aromatic rings. The van der Waals surface area contributed by atoms with Crippen LogP contribution in [-0.4, -0.2) is 48.7 Å². The van der Waals surface area contributed by atoms with E-state index in [0.717, 1.165) is 52.1 Å². The molecule has 2 aromatic heterocycles. The second kappa shape index (κ2) is 12.4. The Balaban J connectivity index is 1.67. The predicted octanol–water partition coefficient (Wildman–Crippen LogP) is 6.67. The molecule has 0 amide bonds. The van der Waals surface area contributed by atoms with Gasteiger partial charge in [-0.2, -0.15) is 0 Å². The summed E-state index contributed by atoms with van der Waals surface area (Å²) in [4.78, 5) is 22.1. The molecule has 0 radical (unpaired) electrons. The fourth-order valence-electron chi connectivity index (χ4n) is 4.45. The number of esters is 1. The number of aromatic nitrogens is 3. The molecule has 0 atom stereocenters. The number of rotatable bonds is 13. The van der Waals surface area contributed by atoms with E-state index in [1.165, 1.54) is 56.3 Å². The summed E-state index contributed by atoms with van der Waals surface area (Å²) in [6.45, 7) is 6.36. The number of carbonyl (C=O) groups excluding carboxylic acids is 1. The first-order valence-electron chi connectivity index (χ1n) is 12.9. The molecule has 0 unspecified atom stereocenters. The monoisotopic (exact) mass is 540 g/mol. The second-order valence-corrected chi connectivity index (χ2v) is 11.1. The fraction of sp³-hybridized carbons (Fsp3) is 0.464. The Kier molecular flexibility index (Phi) is 9.00. The quantitative estimate of drug-likeness (QED) is 0.117. The van der Waals surface area contributed by atoms with Crippen molar-refractivity contribution in [2.24, 2.45) is 0 Å². The van der Waals surface area contributed by atoms with Gasteiger partial charge in [-0.25, -0.2) is 0 Å². The number of hydrogen-bond acceptors (Lipinski definition) is 5. The van der Waals surface area contributed by atoms with E-state index in [2.05, 4.69) is 41.9 Å². The SMILES string of the molecule is CCCCCCCNc1nc2cccc(-c3nc4cc(C(=O)OC)ccc4n3CCCCC)c2[se]1. The van der Waals surface area contributed by atoms with Gasteiger partial charge in [-0.05, 0) is 0 Å². The molecule has 2 heterocycles. The van der Waals surface area contributed by atoms with E-state index in [-0.39, 0.29) is 20.5 Å². The molecule has 0 spiro atoms.